The van der Waals surface area contributed by atoms with Crippen LogP contribution in [0.15, 0.2) is 231 Å². The maximum atomic E-state index is 5.51. The van der Waals surface area contributed by atoms with Gasteiger partial charge in [-0.3, -0.25) is 13.5 Å². The molecular formula is C59H38N6SSi. The van der Waals surface area contributed by atoms with E-state index in [0.717, 1.165) is 56.1 Å². The predicted octanol–water partition coefficient (Wildman–Crippen LogP) is 11.7. The van der Waals surface area contributed by atoms with Crippen LogP contribution in [0.1, 0.15) is 0 Å². The molecule has 14 aromatic rings. The molecule has 0 saturated heterocycles. The average molecular weight is 891 g/mol. The summed E-state index contributed by atoms with van der Waals surface area (Å²) in [5.41, 5.74) is 7.15. The summed E-state index contributed by atoms with van der Waals surface area (Å²) in [5.74, 6) is 2.95. The molecule has 0 spiro atoms. The van der Waals surface area contributed by atoms with Gasteiger partial charge in [-0.05, 0) is 69.3 Å². The lowest BCUT2D eigenvalue weighted by atomic mass is 10.1. The van der Waals surface area contributed by atoms with Crippen molar-refractivity contribution in [1.82, 2.24) is 28.5 Å². The predicted molar refractivity (Wildman–Crippen MR) is 281 cm³/mol. The van der Waals surface area contributed by atoms with E-state index in [4.69, 9.17) is 15.0 Å². The van der Waals surface area contributed by atoms with Crippen molar-refractivity contribution >= 4 is 110 Å². The minimum absolute atomic E-state index is 0.630. The molecule has 0 aliphatic heterocycles. The van der Waals surface area contributed by atoms with Crippen LogP contribution in [0.2, 0.25) is 0 Å². The molecule has 8 heteroatoms. The molecule has 14 rings (SSSR count). The van der Waals surface area contributed by atoms with E-state index in [0.29, 0.717) is 5.82 Å². The summed E-state index contributed by atoms with van der Waals surface area (Å²) in [5, 5.41) is 10.2. The van der Waals surface area contributed by atoms with E-state index in [9.17, 15) is 0 Å². The maximum Gasteiger partial charge on any atom is 0.221 e. The molecule has 314 valence electrons. The first-order valence-electron chi connectivity index (χ1n) is 22.6. The van der Waals surface area contributed by atoms with E-state index in [1.165, 1.54) is 51.7 Å². The van der Waals surface area contributed by atoms with Gasteiger partial charge in [0.25, 0.3) is 0 Å². The lowest BCUT2D eigenvalue weighted by Gasteiger charge is -2.34. The Morgan fingerprint density at radius 1 is 0.343 bits per heavy atom. The highest BCUT2D eigenvalue weighted by molar-refractivity contribution is 7.26. The number of fused-ring (bicyclic) bond motifs is 11. The van der Waals surface area contributed by atoms with Crippen LogP contribution in [-0.4, -0.2) is 36.6 Å². The van der Waals surface area contributed by atoms with Crippen molar-refractivity contribution in [1.29, 1.82) is 0 Å². The summed E-state index contributed by atoms with van der Waals surface area (Å²) in [6, 6.07) is 83.6. The molecule has 0 saturated carbocycles. The fourth-order valence-electron chi connectivity index (χ4n) is 10.7. The average Bonchev–Trinajstić information content (AvgIpc) is 4.14. The molecule has 0 aliphatic carbocycles. The normalized spacial score (nSPS) is 12.2. The first-order valence-corrected chi connectivity index (χ1v) is 25.4. The molecule has 0 radical (unpaired) electrons. The van der Waals surface area contributed by atoms with E-state index in [-0.39, 0.29) is 0 Å². The number of hydrogen-bond donors (Lipinski definition) is 0. The number of nitrogens with zero attached hydrogens (tertiary/aromatic N) is 6. The van der Waals surface area contributed by atoms with Crippen molar-refractivity contribution in [3.8, 4) is 23.0 Å². The van der Waals surface area contributed by atoms with Gasteiger partial charge in [0.15, 0.2) is 13.9 Å². The smallest absolute Gasteiger partial charge is 0.221 e. The number of rotatable bonds is 7. The molecule has 0 fully saturated rings. The summed E-state index contributed by atoms with van der Waals surface area (Å²) >= 11 is 1.86. The van der Waals surface area contributed by atoms with Crippen LogP contribution in [-0.2, 0) is 0 Å². The van der Waals surface area contributed by atoms with E-state index < -0.39 is 8.07 Å². The van der Waals surface area contributed by atoms with Gasteiger partial charge in [0, 0.05) is 42.6 Å². The summed E-state index contributed by atoms with van der Waals surface area (Å²) in [7, 11) is -2.90. The second-order valence-corrected chi connectivity index (χ2v) is 22.1. The highest BCUT2D eigenvalue weighted by Crippen LogP contribution is 2.36. The second kappa shape index (κ2) is 14.8. The van der Waals surface area contributed by atoms with Crippen molar-refractivity contribution in [2.45, 2.75) is 0 Å². The monoisotopic (exact) mass is 890 g/mol. The third-order valence-corrected chi connectivity index (χ3v) is 19.6. The molecule has 0 N–H and O–H groups in total. The molecule has 6 nitrogen and oxygen atoms in total. The highest BCUT2D eigenvalue weighted by Gasteiger charge is 2.41. The number of thiophene rings is 1. The van der Waals surface area contributed by atoms with Crippen LogP contribution in [0.4, 0.5) is 0 Å². The summed E-state index contributed by atoms with van der Waals surface area (Å²) < 4.78 is 9.33. The number of para-hydroxylation sites is 6. The summed E-state index contributed by atoms with van der Waals surface area (Å²) in [6.07, 6.45) is 0. The zero-order chi connectivity index (χ0) is 44.1. The van der Waals surface area contributed by atoms with Gasteiger partial charge in [-0.1, -0.05) is 176 Å². The fraction of sp³-hybridized carbons (Fsp3) is 0. The molecule has 5 aromatic heterocycles. The van der Waals surface area contributed by atoms with Gasteiger partial charge < -0.3 is 0 Å². The molecule has 9 aromatic carbocycles. The number of hydrogen-bond acceptors (Lipinski definition) is 4. The Hall–Kier alpha value is -8.43. The maximum absolute atomic E-state index is 5.51. The third kappa shape index (κ3) is 5.64. The minimum Gasteiger partial charge on any atom is -0.294 e. The van der Waals surface area contributed by atoms with E-state index in [2.05, 4.69) is 238 Å². The number of benzene rings is 9. The Morgan fingerprint density at radius 3 is 1.54 bits per heavy atom. The lowest BCUT2D eigenvalue weighted by Crippen LogP contribution is -2.74. The minimum atomic E-state index is -2.90. The molecule has 0 atom stereocenters. The Labute approximate surface area is 390 Å². The van der Waals surface area contributed by atoms with Crippen LogP contribution in [0.3, 0.4) is 0 Å². The summed E-state index contributed by atoms with van der Waals surface area (Å²) in [4.78, 5) is 16.3. The molecule has 0 amide bonds. The van der Waals surface area contributed by atoms with E-state index in [1.54, 1.807) is 0 Å². The SMILES string of the molecule is c1ccc([Si](c2ccccc2)(c2ccc(-c3nc(-n4c5ccccc5c5ccccc54)cc(-n4c5ccccc5n5c6ccccc6nc45)n3)cc2)c2ccc3sc4ccccc4c3c2)cc1. The second-order valence-electron chi connectivity index (χ2n) is 17.2. The van der Waals surface area contributed by atoms with Crippen LogP contribution in [0, 0.1) is 0 Å². The van der Waals surface area contributed by atoms with Gasteiger partial charge in [0.05, 0.1) is 33.1 Å². The van der Waals surface area contributed by atoms with Crippen LogP contribution >= 0.6 is 11.3 Å². The van der Waals surface area contributed by atoms with Gasteiger partial charge in [-0.2, -0.15) is 0 Å². The standard InChI is InChI=1S/C59H38N6SSi/c1-3-17-40(18-4-1)67(41-19-5-2-6-20-41,43-35-36-55-47(37-43)46-23-9-16-30-54(46)66-55)42-33-31-39(32-34-42)58-61-56(63-49-25-11-7-21-44(49)45-22-8-12-26-50(45)63)38-57(62-58)65-53-29-15-14-28-52(53)64-51-27-13-10-24-48(51)60-59(64)65/h1-38H. The molecular weight excluding hydrogens is 853 g/mol. The zero-order valence-electron chi connectivity index (χ0n) is 36.0. The van der Waals surface area contributed by atoms with Crippen molar-refractivity contribution in [2.24, 2.45) is 0 Å². The number of aromatic nitrogens is 6. The van der Waals surface area contributed by atoms with Crippen LogP contribution < -0.4 is 20.7 Å². The zero-order valence-corrected chi connectivity index (χ0v) is 37.8. The van der Waals surface area contributed by atoms with E-state index >= 15 is 0 Å². The van der Waals surface area contributed by atoms with Crippen LogP contribution in [0.25, 0.3) is 92.8 Å². The molecule has 0 bridgehead atoms. The highest BCUT2D eigenvalue weighted by atomic mass is 32.1. The first-order chi connectivity index (χ1) is 33.2. The van der Waals surface area contributed by atoms with Gasteiger partial charge in [-0.15, -0.1) is 11.3 Å². The quantitative estimate of drug-likeness (QED) is 0.118. The van der Waals surface area contributed by atoms with Gasteiger partial charge in [0.1, 0.15) is 11.6 Å². The Balaban J connectivity index is 1.02. The molecule has 67 heavy (non-hydrogen) atoms. The van der Waals surface area contributed by atoms with Crippen molar-refractivity contribution in [2.75, 3.05) is 0 Å². The largest absolute Gasteiger partial charge is 0.294 e. The Bertz CT molecular complexity index is 4130. The van der Waals surface area contributed by atoms with Gasteiger partial charge in [-0.25, -0.2) is 15.0 Å². The molecule has 5 heterocycles. The number of imidazole rings is 2. The molecule has 0 aliphatic rings. The van der Waals surface area contributed by atoms with Crippen molar-refractivity contribution in [3.05, 3.63) is 231 Å². The fourth-order valence-corrected chi connectivity index (χ4v) is 16.6. The lowest BCUT2D eigenvalue weighted by molar-refractivity contribution is 0.980. The van der Waals surface area contributed by atoms with Crippen LogP contribution in [0.5, 0.6) is 0 Å². The van der Waals surface area contributed by atoms with Crippen molar-refractivity contribution < 1.29 is 0 Å². The third-order valence-electron chi connectivity index (χ3n) is 13.6. The van der Waals surface area contributed by atoms with Gasteiger partial charge in [0.2, 0.25) is 5.78 Å². The summed E-state index contributed by atoms with van der Waals surface area (Å²) in [6.45, 7) is 0. The van der Waals surface area contributed by atoms with Gasteiger partial charge >= 0.3 is 0 Å². The Morgan fingerprint density at radius 2 is 0.851 bits per heavy atom. The van der Waals surface area contributed by atoms with E-state index in [1.807, 2.05) is 17.4 Å². The Kier molecular flexibility index (Phi) is 8.37. The van der Waals surface area contributed by atoms with Crippen molar-refractivity contribution in [3.63, 3.8) is 0 Å². The topological polar surface area (TPSA) is 52.9 Å². The first kappa shape index (κ1) is 37.9. The molecule has 0 unspecified atom stereocenters.